The van der Waals surface area contributed by atoms with E-state index in [1.807, 2.05) is 6.08 Å². The van der Waals surface area contributed by atoms with Gasteiger partial charge in [-0.15, -0.1) is 6.58 Å². The summed E-state index contributed by atoms with van der Waals surface area (Å²) >= 11 is 0. The molecule has 0 aromatic carbocycles. The Kier molecular flexibility index (Phi) is 12.3. The summed E-state index contributed by atoms with van der Waals surface area (Å²) in [6.07, 6.45) is 6.02. The van der Waals surface area contributed by atoms with E-state index in [9.17, 15) is 0 Å². The number of hydrogen-bond acceptors (Lipinski definition) is 4. The zero-order valence-corrected chi connectivity index (χ0v) is 10.4. The molecule has 96 valence electrons. The quantitative estimate of drug-likeness (QED) is 0.284. The summed E-state index contributed by atoms with van der Waals surface area (Å²) in [5.41, 5.74) is 11.2. The topological polar surface area (TPSA) is 76.1 Å². The van der Waals surface area contributed by atoms with Gasteiger partial charge in [0.05, 0.1) is 0 Å². The van der Waals surface area contributed by atoms with Gasteiger partial charge in [-0.25, -0.2) is 0 Å². The van der Waals surface area contributed by atoms with Crippen molar-refractivity contribution in [3.63, 3.8) is 0 Å². The smallest absolute Gasteiger partial charge is 0.00853 e. The first kappa shape index (κ1) is 15.6. The van der Waals surface area contributed by atoms with Crippen LogP contribution < -0.4 is 22.1 Å². The van der Waals surface area contributed by atoms with Gasteiger partial charge in [0.25, 0.3) is 0 Å². The average molecular weight is 228 g/mol. The lowest BCUT2D eigenvalue weighted by Gasteiger charge is -2.10. The Hall–Kier alpha value is -0.420. The molecule has 0 rings (SSSR count). The molecule has 0 amide bonds. The van der Waals surface area contributed by atoms with Crippen molar-refractivity contribution < 1.29 is 0 Å². The van der Waals surface area contributed by atoms with Crippen LogP contribution in [0.25, 0.3) is 0 Å². The second kappa shape index (κ2) is 12.6. The third-order valence-electron chi connectivity index (χ3n) is 2.43. The molecule has 0 bridgehead atoms. The molecule has 0 aliphatic carbocycles. The summed E-state index contributed by atoms with van der Waals surface area (Å²) in [7, 11) is 0. The second-order valence-corrected chi connectivity index (χ2v) is 4.07. The fourth-order valence-electron chi connectivity index (χ4n) is 1.43. The zero-order valence-electron chi connectivity index (χ0n) is 10.4. The van der Waals surface area contributed by atoms with Crippen molar-refractivity contribution in [2.75, 3.05) is 32.7 Å². The summed E-state index contributed by atoms with van der Waals surface area (Å²) in [5.74, 6) is 0. The van der Waals surface area contributed by atoms with Gasteiger partial charge in [0, 0.05) is 6.04 Å². The van der Waals surface area contributed by atoms with Crippen LogP contribution in [0.5, 0.6) is 0 Å². The number of nitrogens with one attached hydrogen (secondary N) is 2. The Morgan fingerprint density at radius 1 is 1.06 bits per heavy atom. The molecule has 0 spiro atoms. The lowest BCUT2D eigenvalue weighted by Crippen LogP contribution is -2.28. The predicted molar refractivity (Wildman–Crippen MR) is 71.4 cm³/mol. The van der Waals surface area contributed by atoms with Gasteiger partial charge < -0.3 is 22.1 Å². The maximum absolute atomic E-state index is 5.84. The minimum Gasteiger partial charge on any atom is -0.330 e. The molecule has 0 fully saturated rings. The Balaban J connectivity index is 3.00. The van der Waals surface area contributed by atoms with E-state index in [1.54, 1.807) is 0 Å². The van der Waals surface area contributed by atoms with Crippen molar-refractivity contribution in [2.45, 2.75) is 31.7 Å². The molecule has 0 saturated heterocycles. The molecule has 0 radical (unpaired) electrons. The third-order valence-corrected chi connectivity index (χ3v) is 2.43. The fourth-order valence-corrected chi connectivity index (χ4v) is 1.43. The standard InChI is InChI=1S/C12H28N4/c1-2-5-12(14)6-11-16-10-4-9-15-8-3-7-13/h2,12,15-16H,1,3-11,13-14H2. The van der Waals surface area contributed by atoms with Crippen molar-refractivity contribution >= 4 is 0 Å². The maximum atomic E-state index is 5.84. The van der Waals surface area contributed by atoms with Crippen LogP contribution >= 0.6 is 0 Å². The van der Waals surface area contributed by atoms with Crippen LogP contribution in [0.4, 0.5) is 0 Å². The van der Waals surface area contributed by atoms with Gasteiger partial charge in [0.1, 0.15) is 0 Å². The Bertz CT molecular complexity index is 150. The maximum Gasteiger partial charge on any atom is 0.00853 e. The normalized spacial score (nSPS) is 12.6. The molecule has 4 heteroatoms. The highest BCUT2D eigenvalue weighted by Gasteiger charge is 1.98. The van der Waals surface area contributed by atoms with Crippen molar-refractivity contribution in [1.29, 1.82) is 0 Å². The molecule has 0 aliphatic heterocycles. The lowest BCUT2D eigenvalue weighted by molar-refractivity contribution is 0.542. The highest BCUT2D eigenvalue weighted by atomic mass is 14.9. The molecule has 0 saturated carbocycles. The molecular formula is C12H28N4. The molecule has 4 nitrogen and oxygen atoms in total. The largest absolute Gasteiger partial charge is 0.330 e. The van der Waals surface area contributed by atoms with Crippen LogP contribution in [0, 0.1) is 0 Å². The fraction of sp³-hybridized carbons (Fsp3) is 0.833. The number of rotatable bonds is 12. The van der Waals surface area contributed by atoms with Crippen molar-refractivity contribution in [3.05, 3.63) is 12.7 Å². The van der Waals surface area contributed by atoms with E-state index in [1.165, 1.54) is 0 Å². The van der Waals surface area contributed by atoms with E-state index in [0.29, 0.717) is 0 Å². The molecule has 0 aromatic rings. The first-order valence-corrected chi connectivity index (χ1v) is 6.29. The molecule has 0 aromatic heterocycles. The molecule has 16 heavy (non-hydrogen) atoms. The molecular weight excluding hydrogens is 200 g/mol. The highest BCUT2D eigenvalue weighted by Crippen LogP contribution is 1.93. The van der Waals surface area contributed by atoms with E-state index in [2.05, 4.69) is 17.2 Å². The van der Waals surface area contributed by atoms with Crippen LogP contribution in [0.15, 0.2) is 12.7 Å². The minimum absolute atomic E-state index is 0.257. The average Bonchev–Trinajstić information content (AvgIpc) is 2.27. The third kappa shape index (κ3) is 11.7. The zero-order chi connectivity index (χ0) is 12.1. The Morgan fingerprint density at radius 2 is 1.69 bits per heavy atom. The molecule has 1 unspecified atom stereocenters. The first-order chi connectivity index (χ1) is 7.81. The Morgan fingerprint density at radius 3 is 2.31 bits per heavy atom. The number of hydrogen-bond donors (Lipinski definition) is 4. The monoisotopic (exact) mass is 228 g/mol. The summed E-state index contributed by atoms with van der Waals surface area (Å²) in [5, 5.41) is 6.73. The predicted octanol–water partition coefficient (Wildman–Crippen LogP) is 0.198. The second-order valence-electron chi connectivity index (χ2n) is 4.07. The molecule has 0 heterocycles. The van der Waals surface area contributed by atoms with E-state index in [0.717, 1.165) is 58.4 Å². The SMILES string of the molecule is C=CCC(N)CCNCCCNCCCN. The van der Waals surface area contributed by atoms with Crippen LogP contribution in [0.3, 0.4) is 0 Å². The summed E-state index contributed by atoms with van der Waals surface area (Å²) in [4.78, 5) is 0. The van der Waals surface area contributed by atoms with Gasteiger partial charge in [-0.3, -0.25) is 0 Å². The van der Waals surface area contributed by atoms with Crippen molar-refractivity contribution in [2.24, 2.45) is 11.5 Å². The summed E-state index contributed by atoms with van der Waals surface area (Å²) < 4.78 is 0. The van der Waals surface area contributed by atoms with E-state index < -0.39 is 0 Å². The van der Waals surface area contributed by atoms with Gasteiger partial charge in [-0.05, 0) is 58.4 Å². The van der Waals surface area contributed by atoms with Gasteiger partial charge in [-0.1, -0.05) is 6.08 Å². The lowest BCUT2D eigenvalue weighted by atomic mass is 10.1. The van der Waals surface area contributed by atoms with Crippen LogP contribution in [-0.2, 0) is 0 Å². The van der Waals surface area contributed by atoms with Crippen LogP contribution in [-0.4, -0.2) is 38.8 Å². The van der Waals surface area contributed by atoms with Crippen molar-refractivity contribution in [3.8, 4) is 0 Å². The van der Waals surface area contributed by atoms with E-state index >= 15 is 0 Å². The molecule has 1 atom stereocenters. The van der Waals surface area contributed by atoms with Gasteiger partial charge in [-0.2, -0.15) is 0 Å². The highest BCUT2D eigenvalue weighted by molar-refractivity contribution is 4.75. The van der Waals surface area contributed by atoms with Crippen LogP contribution in [0.2, 0.25) is 0 Å². The summed E-state index contributed by atoms with van der Waals surface area (Å²) in [6.45, 7) is 8.59. The van der Waals surface area contributed by atoms with Crippen molar-refractivity contribution in [1.82, 2.24) is 10.6 Å². The van der Waals surface area contributed by atoms with Crippen LogP contribution in [0.1, 0.15) is 25.7 Å². The van der Waals surface area contributed by atoms with E-state index in [-0.39, 0.29) is 6.04 Å². The van der Waals surface area contributed by atoms with Gasteiger partial charge >= 0.3 is 0 Å². The first-order valence-electron chi connectivity index (χ1n) is 6.29. The number of nitrogens with two attached hydrogens (primary N) is 2. The van der Waals surface area contributed by atoms with E-state index in [4.69, 9.17) is 11.5 Å². The summed E-state index contributed by atoms with van der Waals surface area (Å²) in [6, 6.07) is 0.257. The molecule has 0 aliphatic rings. The minimum atomic E-state index is 0.257. The van der Waals surface area contributed by atoms with Gasteiger partial charge in [0.2, 0.25) is 0 Å². The molecule has 6 N–H and O–H groups in total. The Labute approximate surface area is 99.8 Å². The van der Waals surface area contributed by atoms with Gasteiger partial charge in [0.15, 0.2) is 0 Å².